The monoisotopic (exact) mass is 305 g/mol. The number of carbonyl (C=O) groups excluding carboxylic acids is 2. The molecule has 1 heterocycles. The number of hydrogen-bond donors (Lipinski definition) is 2. The van der Waals surface area contributed by atoms with Crippen LogP contribution in [0.1, 0.15) is 33.6 Å². The van der Waals surface area contributed by atoms with E-state index >= 15 is 0 Å². The van der Waals surface area contributed by atoms with Crippen molar-refractivity contribution in [3.8, 4) is 0 Å². The van der Waals surface area contributed by atoms with Crippen molar-refractivity contribution >= 4 is 23.7 Å². The van der Waals surface area contributed by atoms with Gasteiger partial charge in [0.1, 0.15) is 5.60 Å². The van der Waals surface area contributed by atoms with Crippen LogP contribution in [0.25, 0.3) is 0 Å². The van der Waals surface area contributed by atoms with Crippen LogP contribution in [0.5, 0.6) is 0 Å². The van der Waals surface area contributed by atoms with Crippen molar-refractivity contribution in [1.82, 2.24) is 15.5 Å². The van der Waals surface area contributed by atoms with Crippen LogP contribution < -0.4 is 10.6 Å². The minimum Gasteiger partial charge on any atom is -0.444 e. The fourth-order valence-corrected chi connectivity index (χ4v) is 2.02. The van der Waals surface area contributed by atoms with Gasteiger partial charge < -0.3 is 20.3 Å². The lowest BCUT2D eigenvalue weighted by Gasteiger charge is -2.33. The predicted molar refractivity (Wildman–Crippen MR) is 78.1 cm³/mol. The summed E-state index contributed by atoms with van der Waals surface area (Å²) >= 11 is 5.49. The Bertz CT molecular complexity index is 336. The normalized spacial score (nSPS) is 16.7. The fourth-order valence-electron chi connectivity index (χ4n) is 1.93. The number of likely N-dealkylation sites (tertiary alicyclic amines) is 1. The summed E-state index contributed by atoms with van der Waals surface area (Å²) in [5.74, 6) is 0.393. The zero-order chi connectivity index (χ0) is 15.2. The molecule has 0 unspecified atom stereocenters. The summed E-state index contributed by atoms with van der Waals surface area (Å²) in [7, 11) is 0. The Morgan fingerprint density at radius 3 is 2.40 bits per heavy atom. The number of rotatable bonds is 3. The number of hydrogen-bond acceptors (Lipinski definition) is 3. The summed E-state index contributed by atoms with van der Waals surface area (Å²) in [6.45, 7) is 7.18. The number of urea groups is 1. The van der Waals surface area contributed by atoms with Crippen LogP contribution >= 0.6 is 11.6 Å². The van der Waals surface area contributed by atoms with Gasteiger partial charge in [0.15, 0.2) is 0 Å². The van der Waals surface area contributed by atoms with Gasteiger partial charge in [-0.1, -0.05) is 0 Å². The van der Waals surface area contributed by atoms with Gasteiger partial charge in [-0.3, -0.25) is 0 Å². The first-order chi connectivity index (χ1) is 9.31. The van der Waals surface area contributed by atoms with Crippen molar-refractivity contribution in [3.63, 3.8) is 0 Å². The zero-order valence-electron chi connectivity index (χ0n) is 12.4. The van der Waals surface area contributed by atoms with Gasteiger partial charge in [-0.15, -0.1) is 11.6 Å². The van der Waals surface area contributed by atoms with Gasteiger partial charge in [-0.25, -0.2) is 9.59 Å². The average molecular weight is 306 g/mol. The van der Waals surface area contributed by atoms with Gasteiger partial charge in [0, 0.05) is 31.6 Å². The van der Waals surface area contributed by atoms with E-state index in [1.165, 1.54) is 0 Å². The summed E-state index contributed by atoms with van der Waals surface area (Å²) in [5.41, 5.74) is -0.479. The van der Waals surface area contributed by atoms with E-state index in [0.29, 0.717) is 25.5 Å². The van der Waals surface area contributed by atoms with E-state index in [1.807, 2.05) is 20.8 Å². The van der Waals surface area contributed by atoms with Crippen LogP contribution in [0.2, 0.25) is 0 Å². The third-order valence-corrected chi connectivity index (χ3v) is 3.05. The molecule has 0 aromatic heterocycles. The number of alkyl halides is 1. The highest BCUT2D eigenvalue weighted by Crippen LogP contribution is 2.15. The summed E-state index contributed by atoms with van der Waals surface area (Å²) in [6, 6.07) is -0.120. The van der Waals surface area contributed by atoms with Crippen molar-refractivity contribution in [2.75, 3.05) is 25.5 Å². The molecule has 0 spiro atoms. The Labute approximate surface area is 125 Å². The minimum absolute atomic E-state index is 0.0870. The number of ether oxygens (including phenoxy) is 1. The Balaban J connectivity index is 2.29. The summed E-state index contributed by atoms with van der Waals surface area (Å²) in [6.07, 6.45) is 1.17. The van der Waals surface area contributed by atoms with Crippen LogP contribution in [0.3, 0.4) is 0 Å². The van der Waals surface area contributed by atoms with Gasteiger partial charge in [0.2, 0.25) is 0 Å². The largest absolute Gasteiger partial charge is 0.444 e. The lowest BCUT2D eigenvalue weighted by Crippen LogP contribution is -2.50. The van der Waals surface area contributed by atoms with Crippen molar-refractivity contribution in [3.05, 3.63) is 0 Å². The molecular weight excluding hydrogens is 282 g/mol. The maximum absolute atomic E-state index is 11.9. The number of nitrogens with zero attached hydrogens (tertiary/aromatic N) is 1. The first-order valence-electron chi connectivity index (χ1n) is 6.90. The standard InChI is InChI=1S/C13H24ClN3O3/c1-13(2,3)20-12(19)17-8-4-10(5-9-17)16-11(18)15-7-6-14/h10H,4-9H2,1-3H3,(H2,15,16,18). The highest BCUT2D eigenvalue weighted by Gasteiger charge is 2.27. The molecule has 1 rings (SSSR count). The molecule has 20 heavy (non-hydrogen) atoms. The van der Waals surface area contributed by atoms with Gasteiger partial charge >= 0.3 is 12.1 Å². The predicted octanol–water partition coefficient (Wildman–Crippen LogP) is 1.92. The van der Waals surface area contributed by atoms with E-state index in [4.69, 9.17) is 16.3 Å². The topological polar surface area (TPSA) is 70.7 Å². The molecule has 116 valence electrons. The minimum atomic E-state index is -0.479. The van der Waals surface area contributed by atoms with Gasteiger partial charge in [-0.2, -0.15) is 0 Å². The van der Waals surface area contributed by atoms with E-state index in [9.17, 15) is 9.59 Å². The van der Waals surface area contributed by atoms with E-state index in [2.05, 4.69) is 10.6 Å². The Kier molecular flexibility index (Phi) is 6.39. The molecule has 1 aliphatic heterocycles. The number of piperidine rings is 1. The molecule has 0 radical (unpaired) electrons. The Morgan fingerprint density at radius 1 is 1.30 bits per heavy atom. The molecule has 6 nitrogen and oxygen atoms in total. The number of nitrogens with one attached hydrogen (secondary N) is 2. The molecule has 1 aliphatic rings. The summed E-state index contributed by atoms with van der Waals surface area (Å²) < 4.78 is 5.32. The fraction of sp³-hybridized carbons (Fsp3) is 0.846. The molecule has 0 atom stereocenters. The SMILES string of the molecule is CC(C)(C)OC(=O)N1CCC(NC(=O)NCCCl)CC1. The van der Waals surface area contributed by atoms with Crippen LogP contribution in [0.4, 0.5) is 9.59 Å². The van der Waals surface area contributed by atoms with Crippen molar-refractivity contribution in [2.24, 2.45) is 0 Å². The average Bonchev–Trinajstić information content (AvgIpc) is 2.35. The molecule has 0 saturated carbocycles. The van der Waals surface area contributed by atoms with Crippen molar-refractivity contribution < 1.29 is 14.3 Å². The Morgan fingerprint density at radius 2 is 1.90 bits per heavy atom. The third-order valence-electron chi connectivity index (χ3n) is 2.86. The molecular formula is C13H24ClN3O3. The summed E-state index contributed by atoms with van der Waals surface area (Å²) in [5, 5.41) is 5.53. The van der Waals surface area contributed by atoms with E-state index in [-0.39, 0.29) is 18.2 Å². The zero-order valence-corrected chi connectivity index (χ0v) is 13.1. The van der Waals surface area contributed by atoms with Crippen LogP contribution in [0, 0.1) is 0 Å². The van der Waals surface area contributed by atoms with Crippen molar-refractivity contribution in [1.29, 1.82) is 0 Å². The second-order valence-corrected chi connectivity index (χ2v) is 6.21. The van der Waals surface area contributed by atoms with Gasteiger partial charge in [0.05, 0.1) is 0 Å². The van der Waals surface area contributed by atoms with Gasteiger partial charge in [0.25, 0.3) is 0 Å². The Hall–Kier alpha value is -1.17. The lowest BCUT2D eigenvalue weighted by atomic mass is 10.1. The quantitative estimate of drug-likeness (QED) is 0.783. The maximum atomic E-state index is 11.9. The second kappa shape index (κ2) is 7.57. The molecule has 0 aromatic carbocycles. The number of halogens is 1. The first-order valence-corrected chi connectivity index (χ1v) is 7.43. The highest BCUT2D eigenvalue weighted by molar-refractivity contribution is 6.18. The molecule has 3 amide bonds. The third kappa shape index (κ3) is 6.32. The van der Waals surface area contributed by atoms with Crippen molar-refractivity contribution in [2.45, 2.75) is 45.3 Å². The molecule has 7 heteroatoms. The maximum Gasteiger partial charge on any atom is 0.410 e. The number of carbonyl (C=O) groups is 2. The van der Waals surface area contributed by atoms with Gasteiger partial charge in [-0.05, 0) is 33.6 Å². The van der Waals surface area contributed by atoms with Crippen LogP contribution in [0.15, 0.2) is 0 Å². The smallest absolute Gasteiger partial charge is 0.410 e. The second-order valence-electron chi connectivity index (χ2n) is 5.83. The molecule has 1 fully saturated rings. The molecule has 0 aromatic rings. The van der Waals surface area contributed by atoms with E-state index in [1.54, 1.807) is 4.90 Å². The van der Waals surface area contributed by atoms with E-state index < -0.39 is 5.60 Å². The van der Waals surface area contributed by atoms with Crippen LogP contribution in [-0.2, 0) is 4.74 Å². The number of amides is 3. The molecule has 1 saturated heterocycles. The lowest BCUT2D eigenvalue weighted by molar-refractivity contribution is 0.0201. The van der Waals surface area contributed by atoms with E-state index in [0.717, 1.165) is 12.8 Å². The molecule has 0 aliphatic carbocycles. The molecule has 0 bridgehead atoms. The first kappa shape index (κ1) is 16.9. The molecule has 2 N–H and O–H groups in total. The summed E-state index contributed by atoms with van der Waals surface area (Å²) in [4.78, 5) is 25.0. The van der Waals surface area contributed by atoms with Crippen LogP contribution in [-0.4, -0.2) is 54.2 Å². The highest BCUT2D eigenvalue weighted by atomic mass is 35.5.